The van der Waals surface area contributed by atoms with Crippen molar-refractivity contribution in [2.75, 3.05) is 13.2 Å². The van der Waals surface area contributed by atoms with Gasteiger partial charge in [0.25, 0.3) is 0 Å². The highest BCUT2D eigenvalue weighted by Crippen LogP contribution is 2.24. The first kappa shape index (κ1) is 11.4. The maximum absolute atomic E-state index is 11.2. The molecule has 0 aliphatic carbocycles. The highest BCUT2D eigenvalue weighted by atomic mass is 16.5. The monoisotopic (exact) mass is 202 g/mol. The molecule has 5 nitrogen and oxygen atoms in total. The van der Waals surface area contributed by atoms with Gasteiger partial charge in [0.1, 0.15) is 5.60 Å². The molecular weight excluding hydrogens is 184 g/mol. The van der Waals surface area contributed by atoms with E-state index in [0.29, 0.717) is 13.0 Å². The van der Waals surface area contributed by atoms with E-state index in [-0.39, 0.29) is 18.6 Å². The normalized spacial score (nSPS) is 34.1. The second kappa shape index (κ2) is 4.25. The summed E-state index contributed by atoms with van der Waals surface area (Å²) in [5.41, 5.74) is 4.43. The lowest BCUT2D eigenvalue weighted by Crippen LogP contribution is -2.50. The smallest absolute Gasteiger partial charge is 0.236 e. The fourth-order valence-electron chi connectivity index (χ4n) is 1.40. The Hall–Kier alpha value is -0.650. The number of hydrogen-bond donors (Lipinski definition) is 3. The number of amides is 1. The molecule has 14 heavy (non-hydrogen) atoms. The van der Waals surface area contributed by atoms with E-state index in [1.54, 1.807) is 13.8 Å². The van der Waals surface area contributed by atoms with Gasteiger partial charge in [-0.1, -0.05) is 0 Å². The Morgan fingerprint density at radius 3 is 2.93 bits per heavy atom. The van der Waals surface area contributed by atoms with Gasteiger partial charge in [0.05, 0.1) is 12.1 Å². The Balaban J connectivity index is 2.40. The van der Waals surface area contributed by atoms with Crippen LogP contribution in [-0.4, -0.2) is 41.9 Å². The van der Waals surface area contributed by atoms with Gasteiger partial charge >= 0.3 is 0 Å². The zero-order valence-corrected chi connectivity index (χ0v) is 8.62. The van der Waals surface area contributed by atoms with Crippen LogP contribution in [0, 0.1) is 0 Å². The van der Waals surface area contributed by atoms with Crippen LogP contribution >= 0.6 is 0 Å². The molecule has 2 unspecified atom stereocenters. The number of ether oxygens (including phenoxy) is 1. The van der Waals surface area contributed by atoms with Crippen molar-refractivity contribution in [3.05, 3.63) is 0 Å². The van der Waals surface area contributed by atoms with Crippen molar-refractivity contribution in [2.45, 2.75) is 38.0 Å². The average Bonchev–Trinajstić information content (AvgIpc) is 2.44. The van der Waals surface area contributed by atoms with Gasteiger partial charge in [-0.3, -0.25) is 4.79 Å². The minimum Gasteiger partial charge on any atom is -0.385 e. The minimum absolute atomic E-state index is 0.203. The molecule has 1 heterocycles. The quantitative estimate of drug-likeness (QED) is 0.547. The highest BCUT2D eigenvalue weighted by Gasteiger charge is 2.39. The van der Waals surface area contributed by atoms with Crippen LogP contribution in [0.1, 0.15) is 20.3 Å². The maximum Gasteiger partial charge on any atom is 0.236 e. The van der Waals surface area contributed by atoms with E-state index in [9.17, 15) is 9.90 Å². The molecule has 4 N–H and O–H groups in total. The van der Waals surface area contributed by atoms with E-state index in [1.807, 2.05) is 0 Å². The topological polar surface area (TPSA) is 84.6 Å². The summed E-state index contributed by atoms with van der Waals surface area (Å²) in [6.45, 7) is 4.14. The zero-order valence-electron chi connectivity index (χ0n) is 8.62. The Bertz CT molecular complexity index is 220. The number of nitrogens with two attached hydrogens (primary N) is 1. The van der Waals surface area contributed by atoms with Crippen molar-refractivity contribution in [1.82, 2.24) is 5.32 Å². The summed E-state index contributed by atoms with van der Waals surface area (Å²) < 4.78 is 5.23. The van der Waals surface area contributed by atoms with E-state index >= 15 is 0 Å². The molecule has 0 bridgehead atoms. The SMILES string of the molecule is CC1OCCC1(O)CNC(=O)[C@@H](C)N. The molecule has 0 aromatic rings. The number of nitrogens with one attached hydrogen (secondary N) is 1. The first-order chi connectivity index (χ1) is 6.46. The van der Waals surface area contributed by atoms with Gasteiger partial charge in [-0.15, -0.1) is 0 Å². The summed E-state index contributed by atoms with van der Waals surface area (Å²) in [5, 5.41) is 12.6. The predicted octanol–water partition coefficient (Wildman–Crippen LogP) is -1.01. The van der Waals surface area contributed by atoms with Gasteiger partial charge in [-0.25, -0.2) is 0 Å². The standard InChI is InChI=1S/C9H18N2O3/c1-6(10)8(12)11-5-9(13)3-4-14-7(9)2/h6-7,13H,3-5,10H2,1-2H3,(H,11,12)/t6-,7?,9?/m1/s1. The predicted molar refractivity (Wildman–Crippen MR) is 51.6 cm³/mol. The van der Waals surface area contributed by atoms with Gasteiger partial charge in [-0.2, -0.15) is 0 Å². The van der Waals surface area contributed by atoms with Crippen LogP contribution in [0.15, 0.2) is 0 Å². The van der Waals surface area contributed by atoms with Crippen molar-refractivity contribution >= 4 is 5.91 Å². The summed E-state index contributed by atoms with van der Waals surface area (Å²) in [6, 6.07) is -0.545. The molecule has 0 aromatic carbocycles. The van der Waals surface area contributed by atoms with Crippen LogP contribution < -0.4 is 11.1 Å². The highest BCUT2D eigenvalue weighted by molar-refractivity contribution is 5.81. The number of hydrogen-bond acceptors (Lipinski definition) is 4. The number of carbonyl (C=O) groups excluding carboxylic acids is 1. The van der Waals surface area contributed by atoms with Crippen molar-refractivity contribution in [1.29, 1.82) is 0 Å². The lowest BCUT2D eigenvalue weighted by molar-refractivity contribution is -0.123. The molecule has 1 rings (SSSR count). The molecule has 5 heteroatoms. The molecule has 1 amide bonds. The number of rotatable bonds is 3. The molecule has 0 saturated carbocycles. The van der Waals surface area contributed by atoms with Crippen LogP contribution in [0.3, 0.4) is 0 Å². The summed E-state index contributed by atoms with van der Waals surface area (Å²) in [4.78, 5) is 11.2. The summed E-state index contributed by atoms with van der Waals surface area (Å²) in [6.07, 6.45) is 0.309. The molecule has 3 atom stereocenters. The zero-order chi connectivity index (χ0) is 10.8. The molecule has 1 aliphatic rings. The Morgan fingerprint density at radius 1 is 1.86 bits per heavy atom. The largest absolute Gasteiger partial charge is 0.385 e. The first-order valence-electron chi connectivity index (χ1n) is 4.83. The number of carbonyl (C=O) groups is 1. The second-order valence-electron chi connectivity index (χ2n) is 3.87. The Morgan fingerprint density at radius 2 is 2.50 bits per heavy atom. The molecule has 1 fully saturated rings. The van der Waals surface area contributed by atoms with Crippen LogP contribution in [-0.2, 0) is 9.53 Å². The Labute approximate surface area is 83.6 Å². The van der Waals surface area contributed by atoms with Crippen LogP contribution in [0.4, 0.5) is 0 Å². The van der Waals surface area contributed by atoms with Crippen molar-refractivity contribution in [3.8, 4) is 0 Å². The fraction of sp³-hybridized carbons (Fsp3) is 0.889. The third-order valence-corrected chi connectivity index (χ3v) is 2.64. The van der Waals surface area contributed by atoms with Gasteiger partial charge in [0, 0.05) is 19.6 Å². The third kappa shape index (κ3) is 2.43. The fourth-order valence-corrected chi connectivity index (χ4v) is 1.40. The summed E-state index contributed by atoms with van der Waals surface area (Å²) in [7, 11) is 0. The van der Waals surface area contributed by atoms with Gasteiger partial charge < -0.3 is 20.9 Å². The minimum atomic E-state index is -0.940. The average molecular weight is 202 g/mol. The molecule has 0 radical (unpaired) electrons. The van der Waals surface area contributed by atoms with Gasteiger partial charge in [-0.05, 0) is 13.8 Å². The molecule has 1 saturated heterocycles. The second-order valence-corrected chi connectivity index (χ2v) is 3.87. The van der Waals surface area contributed by atoms with Crippen molar-refractivity contribution in [3.63, 3.8) is 0 Å². The molecular formula is C9H18N2O3. The summed E-state index contributed by atoms with van der Waals surface area (Å²) >= 11 is 0. The van der Waals surface area contributed by atoms with Gasteiger partial charge in [0.15, 0.2) is 0 Å². The van der Waals surface area contributed by atoms with E-state index in [2.05, 4.69) is 5.32 Å². The molecule has 0 aromatic heterocycles. The van der Waals surface area contributed by atoms with E-state index in [0.717, 1.165) is 0 Å². The molecule has 0 spiro atoms. The van der Waals surface area contributed by atoms with Crippen molar-refractivity contribution in [2.24, 2.45) is 5.73 Å². The third-order valence-electron chi connectivity index (χ3n) is 2.64. The lowest BCUT2D eigenvalue weighted by atomic mass is 9.96. The van der Waals surface area contributed by atoms with Gasteiger partial charge in [0.2, 0.25) is 5.91 Å². The Kier molecular flexibility index (Phi) is 3.47. The molecule has 82 valence electrons. The van der Waals surface area contributed by atoms with Crippen molar-refractivity contribution < 1.29 is 14.6 Å². The summed E-state index contributed by atoms with van der Waals surface area (Å²) in [5.74, 6) is -0.252. The van der Waals surface area contributed by atoms with Crippen LogP contribution in [0.25, 0.3) is 0 Å². The van der Waals surface area contributed by atoms with E-state index in [4.69, 9.17) is 10.5 Å². The molecule has 1 aliphatic heterocycles. The van der Waals surface area contributed by atoms with E-state index < -0.39 is 11.6 Å². The first-order valence-corrected chi connectivity index (χ1v) is 4.83. The number of aliphatic hydroxyl groups is 1. The maximum atomic E-state index is 11.2. The lowest BCUT2D eigenvalue weighted by Gasteiger charge is -2.26. The van der Waals surface area contributed by atoms with Crippen LogP contribution in [0.2, 0.25) is 0 Å². The van der Waals surface area contributed by atoms with Crippen LogP contribution in [0.5, 0.6) is 0 Å². The van der Waals surface area contributed by atoms with E-state index in [1.165, 1.54) is 0 Å².